The molecule has 0 radical (unpaired) electrons. The molecule has 1 N–H and O–H groups in total. The Balaban J connectivity index is 2.46. The smallest absolute Gasteiger partial charge is 0.164 e. The topological polar surface area (TPSA) is 33.1 Å². The molecule has 0 aliphatic carbocycles. The summed E-state index contributed by atoms with van der Waals surface area (Å²) in [4.78, 5) is 4.49. The van der Waals surface area contributed by atoms with Crippen molar-refractivity contribution in [2.45, 2.75) is 13.0 Å². The van der Waals surface area contributed by atoms with Gasteiger partial charge >= 0.3 is 0 Å². The second-order valence-electron chi connectivity index (χ2n) is 3.35. The van der Waals surface area contributed by atoms with Gasteiger partial charge in [0, 0.05) is 5.56 Å². The number of aromatic nitrogens is 1. The molecule has 2 nitrogen and oxygen atoms in total. The van der Waals surface area contributed by atoms with E-state index in [2.05, 4.69) is 4.98 Å². The highest BCUT2D eigenvalue weighted by Gasteiger charge is 2.20. The average molecular weight is 241 g/mol. The molecule has 0 amide bonds. The maximum absolute atomic E-state index is 13.4. The normalized spacial score (nSPS) is 12.8. The number of aryl methyl sites for hydroxylation is 1. The van der Waals surface area contributed by atoms with Gasteiger partial charge in [-0.3, -0.25) is 0 Å². The van der Waals surface area contributed by atoms with Crippen LogP contribution in [0.5, 0.6) is 0 Å². The van der Waals surface area contributed by atoms with Crippen LogP contribution in [0.15, 0.2) is 23.7 Å². The fraction of sp³-hybridized carbons (Fsp3) is 0.182. The predicted molar refractivity (Wildman–Crippen MR) is 57.3 cm³/mol. The van der Waals surface area contributed by atoms with Crippen LogP contribution in [-0.2, 0) is 0 Å². The van der Waals surface area contributed by atoms with E-state index in [0.717, 1.165) is 6.07 Å². The monoisotopic (exact) mass is 241 g/mol. The number of nitrogens with zero attached hydrogens (tertiary/aromatic N) is 1. The summed E-state index contributed by atoms with van der Waals surface area (Å²) >= 11 is 1.22. The van der Waals surface area contributed by atoms with Gasteiger partial charge in [0.1, 0.15) is 6.10 Å². The number of rotatable bonds is 2. The SMILES string of the molecule is Cc1ncsc1C(O)c1cccc(F)c1F. The van der Waals surface area contributed by atoms with Gasteiger partial charge in [-0.2, -0.15) is 0 Å². The predicted octanol–water partition coefficient (Wildman–Crippen LogP) is 2.81. The minimum absolute atomic E-state index is 0.0626. The summed E-state index contributed by atoms with van der Waals surface area (Å²) in [6, 6.07) is 3.75. The van der Waals surface area contributed by atoms with Crippen molar-refractivity contribution in [3.05, 3.63) is 51.5 Å². The van der Waals surface area contributed by atoms with Gasteiger partial charge < -0.3 is 5.11 Å². The van der Waals surface area contributed by atoms with Crippen molar-refractivity contribution >= 4 is 11.3 Å². The van der Waals surface area contributed by atoms with Gasteiger partial charge in [-0.05, 0) is 13.0 Å². The summed E-state index contributed by atoms with van der Waals surface area (Å²) in [5.41, 5.74) is 2.12. The van der Waals surface area contributed by atoms with Gasteiger partial charge in [0.05, 0.1) is 16.1 Å². The fourth-order valence-corrected chi connectivity index (χ4v) is 2.25. The third-order valence-corrected chi connectivity index (χ3v) is 3.29. The highest BCUT2D eigenvalue weighted by molar-refractivity contribution is 7.09. The Morgan fingerprint density at radius 2 is 2.12 bits per heavy atom. The molecular weight excluding hydrogens is 232 g/mol. The van der Waals surface area contributed by atoms with Crippen molar-refractivity contribution in [1.29, 1.82) is 0 Å². The van der Waals surface area contributed by atoms with E-state index in [-0.39, 0.29) is 5.56 Å². The van der Waals surface area contributed by atoms with Crippen LogP contribution in [0.3, 0.4) is 0 Å². The molecular formula is C11H9F2NOS. The second-order valence-corrected chi connectivity index (χ2v) is 4.23. The summed E-state index contributed by atoms with van der Waals surface area (Å²) in [5.74, 6) is -1.97. The summed E-state index contributed by atoms with van der Waals surface area (Å²) < 4.78 is 26.4. The maximum Gasteiger partial charge on any atom is 0.164 e. The van der Waals surface area contributed by atoms with Crippen molar-refractivity contribution in [2.75, 3.05) is 0 Å². The second kappa shape index (κ2) is 4.27. The quantitative estimate of drug-likeness (QED) is 0.877. The molecule has 0 spiro atoms. The minimum atomic E-state index is -1.16. The number of aliphatic hydroxyl groups is 1. The maximum atomic E-state index is 13.4. The molecule has 0 saturated carbocycles. The van der Waals surface area contributed by atoms with Crippen LogP contribution in [0.2, 0.25) is 0 Å². The first kappa shape index (κ1) is 11.2. The number of hydrogen-bond acceptors (Lipinski definition) is 3. The van der Waals surface area contributed by atoms with Gasteiger partial charge in [0.2, 0.25) is 0 Å². The Hall–Kier alpha value is -1.33. The zero-order valence-electron chi connectivity index (χ0n) is 8.45. The highest BCUT2D eigenvalue weighted by Crippen LogP contribution is 2.29. The van der Waals surface area contributed by atoms with E-state index in [1.807, 2.05) is 0 Å². The molecule has 0 fully saturated rings. The standard InChI is InChI=1S/C11H9F2NOS/c1-6-11(16-5-14-6)10(15)7-3-2-4-8(12)9(7)13/h2-5,10,15H,1H3. The van der Waals surface area contributed by atoms with Gasteiger partial charge in [-0.1, -0.05) is 12.1 Å². The van der Waals surface area contributed by atoms with Gasteiger partial charge in [-0.25, -0.2) is 13.8 Å². The van der Waals surface area contributed by atoms with Gasteiger partial charge in [0.15, 0.2) is 11.6 Å². The number of halogens is 2. The summed E-state index contributed by atoms with van der Waals surface area (Å²) in [7, 11) is 0. The van der Waals surface area contributed by atoms with Gasteiger partial charge in [-0.15, -0.1) is 11.3 Å². The molecule has 0 aliphatic heterocycles. The molecule has 0 bridgehead atoms. The lowest BCUT2D eigenvalue weighted by atomic mass is 10.1. The van der Waals surface area contributed by atoms with Crippen molar-refractivity contribution in [1.82, 2.24) is 4.98 Å². The first-order valence-electron chi connectivity index (χ1n) is 4.63. The molecule has 84 valence electrons. The van der Waals surface area contributed by atoms with Crippen LogP contribution in [-0.4, -0.2) is 10.1 Å². The van der Waals surface area contributed by atoms with Crippen LogP contribution >= 0.6 is 11.3 Å². The zero-order chi connectivity index (χ0) is 11.7. The van der Waals surface area contributed by atoms with Crippen molar-refractivity contribution in [2.24, 2.45) is 0 Å². The Morgan fingerprint density at radius 1 is 1.38 bits per heavy atom. The van der Waals surface area contributed by atoms with E-state index in [0.29, 0.717) is 10.6 Å². The molecule has 5 heteroatoms. The minimum Gasteiger partial charge on any atom is -0.383 e. The number of aliphatic hydroxyl groups excluding tert-OH is 1. The summed E-state index contributed by atoms with van der Waals surface area (Å²) in [5, 5.41) is 9.93. The van der Waals surface area contributed by atoms with Crippen LogP contribution in [0.4, 0.5) is 8.78 Å². The Kier molecular flexibility index (Phi) is 2.98. The molecule has 2 aromatic rings. The van der Waals surface area contributed by atoms with E-state index in [4.69, 9.17) is 0 Å². The third kappa shape index (κ3) is 1.83. The molecule has 1 heterocycles. The van der Waals surface area contributed by atoms with Crippen molar-refractivity contribution < 1.29 is 13.9 Å². The van der Waals surface area contributed by atoms with E-state index in [1.165, 1.54) is 23.5 Å². The third-order valence-electron chi connectivity index (χ3n) is 2.31. The molecule has 0 saturated heterocycles. The van der Waals surface area contributed by atoms with Crippen LogP contribution in [0.1, 0.15) is 22.2 Å². The lowest BCUT2D eigenvalue weighted by molar-refractivity contribution is 0.216. The van der Waals surface area contributed by atoms with Crippen molar-refractivity contribution in [3.63, 3.8) is 0 Å². The lowest BCUT2D eigenvalue weighted by Crippen LogP contribution is -2.03. The van der Waals surface area contributed by atoms with Crippen LogP contribution in [0.25, 0.3) is 0 Å². The first-order chi connectivity index (χ1) is 7.61. The van der Waals surface area contributed by atoms with E-state index in [1.54, 1.807) is 12.4 Å². The lowest BCUT2D eigenvalue weighted by Gasteiger charge is -2.10. The number of thiazole rings is 1. The summed E-state index contributed by atoms with van der Waals surface area (Å²) in [6.45, 7) is 1.71. The molecule has 16 heavy (non-hydrogen) atoms. The largest absolute Gasteiger partial charge is 0.383 e. The van der Waals surface area contributed by atoms with E-state index < -0.39 is 17.7 Å². The molecule has 0 aliphatic rings. The molecule has 1 atom stereocenters. The van der Waals surface area contributed by atoms with Crippen LogP contribution in [0, 0.1) is 18.6 Å². The highest BCUT2D eigenvalue weighted by atomic mass is 32.1. The first-order valence-corrected chi connectivity index (χ1v) is 5.51. The fourth-order valence-electron chi connectivity index (χ4n) is 1.45. The number of hydrogen-bond donors (Lipinski definition) is 1. The van der Waals surface area contributed by atoms with E-state index in [9.17, 15) is 13.9 Å². The molecule has 1 unspecified atom stereocenters. The number of benzene rings is 1. The van der Waals surface area contributed by atoms with Crippen molar-refractivity contribution in [3.8, 4) is 0 Å². The zero-order valence-corrected chi connectivity index (χ0v) is 9.26. The molecule has 1 aromatic carbocycles. The Bertz CT molecular complexity index is 512. The average Bonchev–Trinajstić information content (AvgIpc) is 2.68. The van der Waals surface area contributed by atoms with Gasteiger partial charge in [0.25, 0.3) is 0 Å². The molecule has 1 aromatic heterocycles. The summed E-state index contributed by atoms with van der Waals surface area (Å²) in [6.07, 6.45) is -1.16. The molecule has 2 rings (SSSR count). The van der Waals surface area contributed by atoms with E-state index >= 15 is 0 Å². The Morgan fingerprint density at radius 3 is 2.75 bits per heavy atom. The Labute approximate surface area is 95.2 Å². The van der Waals surface area contributed by atoms with Crippen LogP contribution < -0.4 is 0 Å².